The molecule has 0 heterocycles. The maximum absolute atomic E-state index is 13.0. The molecule has 118 valence electrons. The maximum Gasteiger partial charge on any atom is 0.257 e. The first kappa shape index (κ1) is 16.4. The third kappa shape index (κ3) is 5.40. The van der Waals surface area contributed by atoms with E-state index >= 15 is 0 Å². The second-order valence-electron chi connectivity index (χ2n) is 4.80. The zero-order chi connectivity index (χ0) is 16.7. The predicted molar refractivity (Wildman–Crippen MR) is 79.7 cm³/mol. The summed E-state index contributed by atoms with van der Waals surface area (Å²) in [5.41, 5.74) is 0.972. The molecule has 4 nitrogen and oxygen atoms in total. The lowest BCUT2D eigenvalue weighted by molar-refractivity contribution is -0.123. The molecule has 0 aliphatic carbocycles. The minimum Gasteiger partial charge on any atom is -0.484 e. The Bertz CT molecular complexity index is 704. The molecule has 0 saturated carbocycles. The van der Waals surface area contributed by atoms with E-state index in [2.05, 4.69) is 5.32 Å². The molecule has 0 aromatic heterocycles. The minimum atomic E-state index is -0.643. The first-order valence-corrected chi connectivity index (χ1v) is 6.91. The normalized spacial score (nSPS) is 9.96. The molecule has 0 fully saturated rings. The summed E-state index contributed by atoms with van der Waals surface area (Å²) in [4.78, 5) is 11.6. The van der Waals surface area contributed by atoms with Crippen LogP contribution in [0.2, 0.25) is 0 Å². The Balaban J connectivity index is 1.73. The van der Waals surface area contributed by atoms with Crippen LogP contribution < -0.4 is 10.1 Å². The van der Waals surface area contributed by atoms with Gasteiger partial charge in [0, 0.05) is 12.6 Å². The van der Waals surface area contributed by atoms with Gasteiger partial charge in [-0.25, -0.2) is 8.78 Å². The highest BCUT2D eigenvalue weighted by atomic mass is 19.1. The standard InChI is InChI=1S/C17H14F2N2O2/c18-14-7-13(8-15(19)9-14)5-6-21-17(22)11-23-16-3-1-12(10-20)2-4-16/h1-4,7-9H,5-6,11H2,(H,21,22). The van der Waals surface area contributed by atoms with Crippen molar-refractivity contribution in [2.75, 3.05) is 13.2 Å². The van der Waals surface area contributed by atoms with E-state index in [4.69, 9.17) is 10.00 Å². The zero-order valence-corrected chi connectivity index (χ0v) is 12.2. The summed E-state index contributed by atoms with van der Waals surface area (Å²) < 4.78 is 31.3. The Morgan fingerprint density at radius 2 is 1.78 bits per heavy atom. The molecule has 0 aliphatic rings. The number of hydrogen-bond acceptors (Lipinski definition) is 3. The third-order valence-corrected chi connectivity index (χ3v) is 3.01. The lowest BCUT2D eigenvalue weighted by atomic mass is 10.1. The number of ether oxygens (including phenoxy) is 1. The average molecular weight is 316 g/mol. The fraction of sp³-hybridized carbons (Fsp3) is 0.176. The number of nitrogens with zero attached hydrogens (tertiary/aromatic N) is 1. The highest BCUT2D eigenvalue weighted by Crippen LogP contribution is 2.11. The average Bonchev–Trinajstić information content (AvgIpc) is 2.52. The van der Waals surface area contributed by atoms with Crippen LogP contribution in [0.5, 0.6) is 5.75 Å². The van der Waals surface area contributed by atoms with E-state index in [0.717, 1.165) is 6.07 Å². The first-order chi connectivity index (χ1) is 11.1. The summed E-state index contributed by atoms with van der Waals surface area (Å²) in [6.45, 7) is 0.0713. The van der Waals surface area contributed by atoms with E-state index < -0.39 is 11.6 Å². The number of benzene rings is 2. The number of carbonyl (C=O) groups is 1. The monoisotopic (exact) mass is 316 g/mol. The van der Waals surface area contributed by atoms with Crippen molar-refractivity contribution < 1.29 is 18.3 Å². The van der Waals surface area contributed by atoms with Gasteiger partial charge in [0.25, 0.3) is 5.91 Å². The van der Waals surface area contributed by atoms with Crippen molar-refractivity contribution in [1.29, 1.82) is 5.26 Å². The molecule has 0 unspecified atom stereocenters. The molecule has 1 amide bonds. The number of rotatable bonds is 6. The molecule has 2 rings (SSSR count). The number of nitriles is 1. The van der Waals surface area contributed by atoms with Crippen LogP contribution >= 0.6 is 0 Å². The second kappa shape index (κ2) is 7.90. The van der Waals surface area contributed by atoms with E-state index in [1.807, 2.05) is 6.07 Å². The van der Waals surface area contributed by atoms with Crippen LogP contribution in [0.1, 0.15) is 11.1 Å². The zero-order valence-electron chi connectivity index (χ0n) is 12.2. The Hall–Kier alpha value is -2.94. The van der Waals surface area contributed by atoms with Crippen molar-refractivity contribution in [2.24, 2.45) is 0 Å². The SMILES string of the molecule is N#Cc1ccc(OCC(=O)NCCc2cc(F)cc(F)c2)cc1. The number of halogens is 2. The van der Waals surface area contributed by atoms with Gasteiger partial charge in [-0.05, 0) is 48.4 Å². The molecule has 1 N–H and O–H groups in total. The summed E-state index contributed by atoms with van der Waals surface area (Å²) in [6.07, 6.45) is 0.317. The van der Waals surface area contributed by atoms with Crippen LogP contribution in [0.4, 0.5) is 8.78 Å². The van der Waals surface area contributed by atoms with Crippen molar-refractivity contribution in [1.82, 2.24) is 5.32 Å². The second-order valence-corrected chi connectivity index (χ2v) is 4.80. The molecule has 2 aromatic rings. The molecule has 6 heteroatoms. The van der Waals surface area contributed by atoms with Crippen LogP contribution in [0.25, 0.3) is 0 Å². The summed E-state index contributed by atoms with van der Waals surface area (Å²) >= 11 is 0. The van der Waals surface area contributed by atoms with Gasteiger partial charge in [-0.3, -0.25) is 4.79 Å². The Morgan fingerprint density at radius 1 is 1.13 bits per heavy atom. The van der Waals surface area contributed by atoms with Crippen LogP contribution in [0, 0.1) is 23.0 Å². The largest absolute Gasteiger partial charge is 0.484 e. The van der Waals surface area contributed by atoms with Crippen LogP contribution in [0.3, 0.4) is 0 Å². The quantitative estimate of drug-likeness (QED) is 0.891. The maximum atomic E-state index is 13.0. The highest BCUT2D eigenvalue weighted by molar-refractivity contribution is 5.77. The predicted octanol–water partition coefficient (Wildman–Crippen LogP) is 2.57. The first-order valence-electron chi connectivity index (χ1n) is 6.91. The molecular formula is C17H14F2N2O2. The van der Waals surface area contributed by atoms with Gasteiger partial charge in [-0.15, -0.1) is 0 Å². The van der Waals surface area contributed by atoms with Gasteiger partial charge >= 0.3 is 0 Å². The molecule has 23 heavy (non-hydrogen) atoms. The molecule has 0 atom stereocenters. The van der Waals surface area contributed by atoms with Gasteiger partial charge in [-0.1, -0.05) is 0 Å². The Labute approximate surface area is 132 Å². The fourth-order valence-electron chi connectivity index (χ4n) is 1.93. The molecule has 0 spiro atoms. The number of carbonyl (C=O) groups excluding carboxylic acids is 1. The van der Waals surface area contributed by atoms with Gasteiger partial charge < -0.3 is 10.1 Å². The smallest absolute Gasteiger partial charge is 0.257 e. The van der Waals surface area contributed by atoms with Gasteiger partial charge in [0.2, 0.25) is 0 Å². The number of nitrogens with one attached hydrogen (secondary N) is 1. The van der Waals surface area contributed by atoms with E-state index in [1.54, 1.807) is 24.3 Å². The van der Waals surface area contributed by atoms with Crippen LogP contribution in [-0.2, 0) is 11.2 Å². The Kier molecular flexibility index (Phi) is 5.64. The summed E-state index contributed by atoms with van der Waals surface area (Å²) in [5.74, 6) is -1.15. The third-order valence-electron chi connectivity index (χ3n) is 3.01. The summed E-state index contributed by atoms with van der Waals surface area (Å²) in [7, 11) is 0. The van der Waals surface area contributed by atoms with Crippen LogP contribution in [0.15, 0.2) is 42.5 Å². The van der Waals surface area contributed by atoms with Crippen LogP contribution in [-0.4, -0.2) is 19.1 Å². The minimum absolute atomic E-state index is 0.177. The van der Waals surface area contributed by atoms with Crippen molar-refractivity contribution in [3.8, 4) is 11.8 Å². The molecule has 2 aromatic carbocycles. The molecule has 0 aliphatic heterocycles. The summed E-state index contributed by atoms with van der Waals surface area (Å²) in [5, 5.41) is 11.3. The number of hydrogen-bond donors (Lipinski definition) is 1. The van der Waals surface area contributed by atoms with E-state index in [0.29, 0.717) is 23.3 Å². The van der Waals surface area contributed by atoms with Gasteiger partial charge in [0.15, 0.2) is 6.61 Å². The van der Waals surface area contributed by atoms with E-state index in [9.17, 15) is 13.6 Å². The van der Waals surface area contributed by atoms with Gasteiger partial charge in [0.05, 0.1) is 11.6 Å². The number of amides is 1. The Morgan fingerprint density at radius 3 is 2.39 bits per heavy atom. The summed E-state index contributed by atoms with van der Waals surface area (Å²) in [6, 6.07) is 11.6. The highest BCUT2D eigenvalue weighted by Gasteiger charge is 2.04. The van der Waals surface area contributed by atoms with Crippen molar-refractivity contribution in [3.05, 3.63) is 65.2 Å². The molecule has 0 radical (unpaired) electrons. The van der Waals surface area contributed by atoms with Crippen molar-refractivity contribution >= 4 is 5.91 Å². The molecular weight excluding hydrogens is 302 g/mol. The lowest BCUT2D eigenvalue weighted by Crippen LogP contribution is -2.30. The van der Waals surface area contributed by atoms with E-state index in [-0.39, 0.29) is 19.1 Å². The van der Waals surface area contributed by atoms with E-state index in [1.165, 1.54) is 12.1 Å². The fourth-order valence-corrected chi connectivity index (χ4v) is 1.93. The van der Waals surface area contributed by atoms with Gasteiger partial charge in [-0.2, -0.15) is 5.26 Å². The van der Waals surface area contributed by atoms with Crippen molar-refractivity contribution in [3.63, 3.8) is 0 Å². The molecule has 0 bridgehead atoms. The van der Waals surface area contributed by atoms with Gasteiger partial charge in [0.1, 0.15) is 17.4 Å². The van der Waals surface area contributed by atoms with Crippen molar-refractivity contribution in [2.45, 2.75) is 6.42 Å². The molecule has 0 saturated heterocycles. The lowest BCUT2D eigenvalue weighted by Gasteiger charge is -2.08. The topological polar surface area (TPSA) is 62.1 Å².